The summed E-state index contributed by atoms with van der Waals surface area (Å²) in [6.45, 7) is 1.86. The van der Waals surface area contributed by atoms with Crippen LogP contribution in [0, 0.1) is 6.92 Å². The number of H-pyrrole nitrogens is 1. The Kier molecular flexibility index (Phi) is 3.25. The third-order valence-electron chi connectivity index (χ3n) is 2.48. The molecule has 0 radical (unpaired) electrons. The molecule has 0 spiro atoms. The lowest BCUT2D eigenvalue weighted by Crippen LogP contribution is -2.33. The van der Waals surface area contributed by atoms with Gasteiger partial charge in [0.15, 0.2) is 0 Å². The van der Waals surface area contributed by atoms with E-state index in [9.17, 15) is 9.59 Å². The summed E-state index contributed by atoms with van der Waals surface area (Å²) in [6.07, 6.45) is 0. The van der Waals surface area contributed by atoms with Gasteiger partial charge in [0.2, 0.25) is 0 Å². The van der Waals surface area contributed by atoms with Crippen LogP contribution in [-0.2, 0) is 0 Å². The zero-order valence-corrected chi connectivity index (χ0v) is 10.6. The van der Waals surface area contributed by atoms with Crippen molar-refractivity contribution < 1.29 is 4.74 Å². The Hall–Kier alpha value is -2.01. The average Bonchev–Trinajstić information content (AvgIpc) is 2.28. The lowest BCUT2D eigenvalue weighted by atomic mass is 10.2. The minimum atomic E-state index is -0.601. The SMILES string of the molecule is COc1ccc(C)cc1-n1c(=O)cc(Cl)[nH]c1=O. The molecular weight excluding hydrogens is 256 g/mol. The number of aromatic nitrogens is 2. The highest BCUT2D eigenvalue weighted by molar-refractivity contribution is 6.29. The Labute approximate surface area is 108 Å². The van der Waals surface area contributed by atoms with E-state index >= 15 is 0 Å². The molecule has 18 heavy (non-hydrogen) atoms. The zero-order valence-electron chi connectivity index (χ0n) is 9.86. The van der Waals surface area contributed by atoms with Crippen LogP contribution >= 0.6 is 11.6 Å². The van der Waals surface area contributed by atoms with Crippen molar-refractivity contribution in [3.8, 4) is 11.4 Å². The van der Waals surface area contributed by atoms with Gasteiger partial charge < -0.3 is 4.74 Å². The Morgan fingerprint density at radius 1 is 1.28 bits per heavy atom. The molecule has 0 saturated carbocycles. The molecule has 0 saturated heterocycles. The van der Waals surface area contributed by atoms with Crippen LogP contribution in [0.15, 0.2) is 33.9 Å². The normalized spacial score (nSPS) is 10.4. The lowest BCUT2D eigenvalue weighted by Gasteiger charge is -2.10. The highest BCUT2D eigenvalue weighted by Gasteiger charge is 2.11. The van der Waals surface area contributed by atoms with Gasteiger partial charge in [-0.15, -0.1) is 0 Å². The number of benzene rings is 1. The molecule has 0 aliphatic carbocycles. The van der Waals surface area contributed by atoms with E-state index in [0.717, 1.165) is 16.2 Å². The van der Waals surface area contributed by atoms with Crippen LogP contribution in [0.3, 0.4) is 0 Å². The largest absolute Gasteiger partial charge is 0.495 e. The number of ether oxygens (including phenoxy) is 1. The van der Waals surface area contributed by atoms with Crippen LogP contribution < -0.4 is 16.0 Å². The maximum absolute atomic E-state index is 11.8. The first kappa shape index (κ1) is 12.4. The second-order valence-electron chi connectivity index (χ2n) is 3.77. The molecule has 5 nitrogen and oxygen atoms in total. The fourth-order valence-corrected chi connectivity index (χ4v) is 1.84. The summed E-state index contributed by atoms with van der Waals surface area (Å²) in [5.41, 5.74) is 0.191. The second-order valence-corrected chi connectivity index (χ2v) is 4.18. The number of rotatable bonds is 2. The maximum atomic E-state index is 11.8. The van der Waals surface area contributed by atoms with Crippen molar-refractivity contribution in [1.82, 2.24) is 9.55 Å². The van der Waals surface area contributed by atoms with Crippen LogP contribution in [0.25, 0.3) is 5.69 Å². The van der Waals surface area contributed by atoms with E-state index in [1.54, 1.807) is 12.1 Å². The highest BCUT2D eigenvalue weighted by atomic mass is 35.5. The monoisotopic (exact) mass is 266 g/mol. The van der Waals surface area contributed by atoms with Crippen molar-refractivity contribution in [2.45, 2.75) is 6.92 Å². The van der Waals surface area contributed by atoms with Crippen LogP contribution in [-0.4, -0.2) is 16.7 Å². The number of nitrogens with zero attached hydrogens (tertiary/aromatic N) is 1. The molecule has 1 aromatic carbocycles. The van der Waals surface area contributed by atoms with Crippen molar-refractivity contribution in [2.24, 2.45) is 0 Å². The third kappa shape index (κ3) is 2.17. The van der Waals surface area contributed by atoms with Gasteiger partial charge in [0.1, 0.15) is 10.9 Å². The summed E-state index contributed by atoms with van der Waals surface area (Å²) in [4.78, 5) is 26.0. The van der Waals surface area contributed by atoms with Gasteiger partial charge in [-0.1, -0.05) is 17.7 Å². The number of nitrogens with one attached hydrogen (secondary N) is 1. The summed E-state index contributed by atoms with van der Waals surface area (Å²) >= 11 is 5.61. The van der Waals surface area contributed by atoms with Crippen LogP contribution in [0.4, 0.5) is 0 Å². The predicted octanol–water partition coefficient (Wildman–Crippen LogP) is 1.50. The van der Waals surface area contributed by atoms with Gasteiger partial charge >= 0.3 is 5.69 Å². The van der Waals surface area contributed by atoms with Gasteiger partial charge in [0.25, 0.3) is 5.56 Å². The quantitative estimate of drug-likeness (QED) is 0.838. The molecule has 2 aromatic rings. The van der Waals surface area contributed by atoms with Gasteiger partial charge in [-0.2, -0.15) is 0 Å². The second kappa shape index (κ2) is 4.70. The number of aromatic amines is 1. The first-order valence-electron chi connectivity index (χ1n) is 5.20. The van der Waals surface area contributed by atoms with Crippen molar-refractivity contribution >= 4 is 11.6 Å². The number of aryl methyl sites for hydroxylation is 1. The molecule has 0 aliphatic heterocycles. The number of halogens is 1. The van der Waals surface area contributed by atoms with Crippen LogP contribution in [0.2, 0.25) is 5.15 Å². The zero-order chi connectivity index (χ0) is 13.3. The first-order chi connectivity index (χ1) is 8.52. The van der Waals surface area contributed by atoms with Gasteiger partial charge in [-0.05, 0) is 24.6 Å². The minimum Gasteiger partial charge on any atom is -0.495 e. The molecule has 1 aromatic heterocycles. The molecule has 0 amide bonds. The maximum Gasteiger partial charge on any atom is 0.334 e. The standard InChI is InChI=1S/C12H11ClN2O3/c1-7-3-4-9(18-2)8(5-7)15-11(16)6-10(13)14-12(15)17/h3-6H,1-2H3,(H,14,17). The molecule has 2 rings (SSSR count). The first-order valence-corrected chi connectivity index (χ1v) is 5.57. The minimum absolute atomic E-state index is 0.00729. The third-order valence-corrected chi connectivity index (χ3v) is 2.68. The van der Waals surface area contributed by atoms with Crippen LogP contribution in [0.1, 0.15) is 5.56 Å². The van der Waals surface area contributed by atoms with E-state index in [-0.39, 0.29) is 5.15 Å². The van der Waals surface area contributed by atoms with Gasteiger partial charge in [0, 0.05) is 6.07 Å². The number of hydrogen-bond donors (Lipinski definition) is 1. The lowest BCUT2D eigenvalue weighted by molar-refractivity contribution is 0.412. The summed E-state index contributed by atoms with van der Waals surface area (Å²) in [5.74, 6) is 0.440. The average molecular weight is 267 g/mol. The molecule has 0 bridgehead atoms. The summed E-state index contributed by atoms with van der Waals surface area (Å²) < 4.78 is 6.13. The summed E-state index contributed by atoms with van der Waals surface area (Å²) in [5, 5.41) is 0.00729. The molecule has 1 N–H and O–H groups in total. The Balaban J connectivity index is 2.81. The highest BCUT2D eigenvalue weighted by Crippen LogP contribution is 2.21. The van der Waals surface area contributed by atoms with Gasteiger partial charge in [0.05, 0.1) is 12.8 Å². The van der Waals surface area contributed by atoms with E-state index in [1.165, 1.54) is 7.11 Å². The van der Waals surface area contributed by atoms with Crippen molar-refractivity contribution in [3.63, 3.8) is 0 Å². The fraction of sp³-hybridized carbons (Fsp3) is 0.167. The van der Waals surface area contributed by atoms with E-state index in [1.807, 2.05) is 13.0 Å². The topological polar surface area (TPSA) is 64.1 Å². The molecule has 0 atom stereocenters. The van der Waals surface area contributed by atoms with Crippen molar-refractivity contribution in [3.05, 3.63) is 55.8 Å². The molecule has 0 fully saturated rings. The van der Waals surface area contributed by atoms with E-state index < -0.39 is 11.2 Å². The van der Waals surface area contributed by atoms with Gasteiger partial charge in [-0.3, -0.25) is 9.78 Å². The predicted molar refractivity (Wildman–Crippen MR) is 69.0 cm³/mol. The smallest absolute Gasteiger partial charge is 0.334 e. The Morgan fingerprint density at radius 3 is 2.61 bits per heavy atom. The molecule has 1 heterocycles. The fourth-order valence-electron chi connectivity index (χ4n) is 1.67. The summed E-state index contributed by atoms with van der Waals surface area (Å²) in [6, 6.07) is 6.37. The number of hydrogen-bond acceptors (Lipinski definition) is 3. The van der Waals surface area contributed by atoms with E-state index in [0.29, 0.717) is 11.4 Å². The summed E-state index contributed by atoms with van der Waals surface area (Å²) in [7, 11) is 1.48. The van der Waals surface area contributed by atoms with Gasteiger partial charge in [-0.25, -0.2) is 9.36 Å². The van der Waals surface area contributed by atoms with Crippen molar-refractivity contribution in [1.29, 1.82) is 0 Å². The Bertz CT molecular complexity index is 672. The number of methoxy groups -OCH3 is 1. The molecule has 6 heteroatoms. The Morgan fingerprint density at radius 2 is 2.00 bits per heavy atom. The molecule has 0 aliphatic rings. The van der Waals surface area contributed by atoms with E-state index in [4.69, 9.17) is 16.3 Å². The van der Waals surface area contributed by atoms with E-state index in [2.05, 4.69) is 4.98 Å². The molecular formula is C12H11ClN2O3. The molecule has 0 unspecified atom stereocenters. The molecule has 94 valence electrons. The van der Waals surface area contributed by atoms with Crippen molar-refractivity contribution in [2.75, 3.05) is 7.11 Å². The van der Waals surface area contributed by atoms with Crippen LogP contribution in [0.5, 0.6) is 5.75 Å².